The lowest BCUT2D eigenvalue weighted by Crippen LogP contribution is -2.27. The predicted molar refractivity (Wildman–Crippen MR) is 224 cm³/mol. The second-order valence-corrected chi connectivity index (χ2v) is 12.7. The Kier molecular flexibility index (Phi) is 7.46. The summed E-state index contributed by atoms with van der Waals surface area (Å²) in [5.41, 5.74) is 1.91. The van der Waals surface area contributed by atoms with Crippen molar-refractivity contribution in [3.63, 3.8) is 0 Å². The highest BCUT2D eigenvalue weighted by Gasteiger charge is 2.35. The van der Waals surface area contributed by atoms with E-state index < -0.39 is 59.2 Å². The van der Waals surface area contributed by atoms with Gasteiger partial charge in [0.25, 0.3) is 0 Å². The third kappa shape index (κ3) is 6.78. The summed E-state index contributed by atoms with van der Waals surface area (Å²) >= 11 is 0. The van der Waals surface area contributed by atoms with Gasteiger partial charge in [0.05, 0.1) is 11.0 Å². The van der Waals surface area contributed by atoms with E-state index in [1.54, 1.807) is 0 Å². The van der Waals surface area contributed by atoms with Gasteiger partial charge in [-0.25, -0.2) is 0 Å². The smallest absolute Gasteiger partial charge is 0.0765 e. The van der Waals surface area contributed by atoms with Gasteiger partial charge in [-0.15, -0.1) is 0 Å². The summed E-state index contributed by atoms with van der Waals surface area (Å²) in [5, 5.41) is 0. The quantitative estimate of drug-likeness (QED) is 0.115. The maximum absolute atomic E-state index is 9.20. The van der Waals surface area contributed by atoms with Crippen molar-refractivity contribution in [1.29, 1.82) is 0 Å². The first-order chi connectivity index (χ1) is 30.1. The minimum absolute atomic E-state index is 0.160. The summed E-state index contributed by atoms with van der Waals surface area (Å²) in [7, 11) is 0. The molecule has 0 N–H and O–H groups in total. The topological polar surface area (TPSA) is 0 Å². The summed E-state index contributed by atoms with van der Waals surface area (Å²) in [4.78, 5) is 0. The van der Waals surface area contributed by atoms with Crippen molar-refractivity contribution >= 4 is 0 Å². The monoisotopic (exact) mass is 694 g/mol. The summed E-state index contributed by atoms with van der Waals surface area (Å²) < 4.78 is 73.5. The molecule has 0 aliphatic carbocycles. The van der Waals surface area contributed by atoms with Gasteiger partial charge < -0.3 is 0 Å². The van der Waals surface area contributed by atoms with E-state index in [4.69, 9.17) is 0 Å². The predicted octanol–water partition coefficient (Wildman–Crippen LogP) is 12.1. The van der Waals surface area contributed by atoms with Gasteiger partial charge >= 0.3 is 0 Å². The Balaban J connectivity index is 1.31. The van der Waals surface area contributed by atoms with Crippen LogP contribution in [0.4, 0.5) is 0 Å². The van der Waals surface area contributed by atoms with Crippen LogP contribution in [0.25, 0.3) is 11.1 Å². The van der Waals surface area contributed by atoms with Gasteiger partial charge in [0, 0.05) is 11.1 Å². The fourth-order valence-electron chi connectivity index (χ4n) is 6.87. The van der Waals surface area contributed by atoms with Gasteiger partial charge in [-0.1, -0.05) is 230 Å². The Labute approximate surface area is 330 Å². The molecule has 0 nitrogen and oxygen atoms in total. The molecule has 0 saturated carbocycles. The van der Waals surface area contributed by atoms with Gasteiger partial charge in [0.1, 0.15) is 10.8 Å². The number of hydrogen-bond donors (Lipinski definition) is 0. The molecule has 8 rings (SSSR count). The highest BCUT2D eigenvalue weighted by molar-refractivity contribution is 5.67. The van der Waals surface area contributed by atoms with E-state index in [9.17, 15) is 11.0 Å². The Morgan fingerprint density at radius 3 is 0.685 bits per heavy atom. The van der Waals surface area contributed by atoms with Crippen molar-refractivity contribution in [3.8, 4) is 34.8 Å². The molecule has 0 atom stereocenters. The van der Waals surface area contributed by atoms with Crippen LogP contribution in [0.15, 0.2) is 230 Å². The van der Waals surface area contributed by atoms with Crippen LogP contribution < -0.4 is 0 Å². The fourth-order valence-corrected chi connectivity index (χ4v) is 6.87. The molecule has 8 aromatic rings. The number of rotatable bonds is 7. The molecule has 0 saturated heterocycles. The van der Waals surface area contributed by atoms with Crippen molar-refractivity contribution < 1.29 is 11.0 Å². The molecule has 0 fully saturated rings. The molecular formula is C54H38. The normalized spacial score (nSPS) is 13.1. The highest BCUT2D eigenvalue weighted by atomic mass is 14.4. The van der Waals surface area contributed by atoms with E-state index in [0.29, 0.717) is 0 Å². The minimum atomic E-state index is -1.06. The molecule has 0 bridgehead atoms. The van der Waals surface area contributed by atoms with E-state index in [-0.39, 0.29) is 22.3 Å². The molecule has 0 aromatic heterocycles. The molecule has 0 heterocycles. The van der Waals surface area contributed by atoms with Crippen LogP contribution in [0, 0.1) is 23.7 Å². The molecule has 254 valence electrons. The van der Waals surface area contributed by atoms with Crippen LogP contribution in [0.3, 0.4) is 0 Å². The van der Waals surface area contributed by atoms with Crippen LogP contribution in [-0.2, 0) is 10.8 Å². The average Bonchev–Trinajstić information content (AvgIpc) is 3.33. The zero-order valence-electron chi connectivity index (χ0n) is 37.3. The van der Waals surface area contributed by atoms with Gasteiger partial charge in [0.2, 0.25) is 0 Å². The minimum Gasteiger partial charge on any atom is -0.0765 e. The van der Waals surface area contributed by atoms with Crippen LogP contribution >= 0.6 is 0 Å². The number of hydrogen-bond acceptors (Lipinski definition) is 0. The molecule has 8 aromatic carbocycles. The van der Waals surface area contributed by atoms with Crippen molar-refractivity contribution in [2.24, 2.45) is 0 Å². The Morgan fingerprint density at radius 2 is 0.481 bits per heavy atom. The Bertz CT molecular complexity index is 2560. The molecule has 0 heteroatoms. The molecule has 0 amide bonds. The lowest BCUT2D eigenvalue weighted by atomic mass is 9.70. The zero-order valence-corrected chi connectivity index (χ0v) is 29.3. The second-order valence-electron chi connectivity index (χ2n) is 12.7. The molecule has 0 spiro atoms. The first kappa shape index (κ1) is 25.8. The van der Waals surface area contributed by atoms with Crippen LogP contribution in [0.1, 0.15) is 55.5 Å². The summed E-state index contributed by atoms with van der Waals surface area (Å²) in [6.45, 7) is 0. The lowest BCUT2D eigenvalue weighted by molar-refractivity contribution is 0.809. The molecule has 54 heavy (non-hydrogen) atoms. The van der Waals surface area contributed by atoms with E-state index in [1.807, 2.05) is 182 Å². The van der Waals surface area contributed by atoms with Crippen molar-refractivity contribution in [2.45, 2.75) is 10.8 Å². The first-order valence-corrected chi connectivity index (χ1v) is 17.7. The van der Waals surface area contributed by atoms with Crippen molar-refractivity contribution in [3.05, 3.63) is 275 Å². The van der Waals surface area contributed by atoms with Crippen molar-refractivity contribution in [1.82, 2.24) is 0 Å². The molecular weight excluding hydrogens is 649 g/mol. The van der Waals surface area contributed by atoms with E-state index in [1.165, 1.54) is 0 Å². The maximum Gasteiger partial charge on any atom is 0.107 e. The summed E-state index contributed by atoms with van der Waals surface area (Å²) in [6.07, 6.45) is 0. The largest absolute Gasteiger partial charge is 0.107 e. The second kappa shape index (κ2) is 15.6. The van der Waals surface area contributed by atoms with Crippen LogP contribution in [0.5, 0.6) is 0 Å². The summed E-state index contributed by atoms with van der Waals surface area (Å²) in [5.74, 6) is 12.9. The maximum atomic E-state index is 9.20. The van der Waals surface area contributed by atoms with Crippen molar-refractivity contribution in [2.75, 3.05) is 0 Å². The molecule has 0 aliphatic heterocycles. The lowest BCUT2D eigenvalue weighted by Gasteiger charge is -2.31. The number of benzene rings is 8. The zero-order chi connectivity index (χ0) is 43.4. The van der Waals surface area contributed by atoms with Crippen LogP contribution in [-0.4, -0.2) is 0 Å². The average molecular weight is 695 g/mol. The van der Waals surface area contributed by atoms with Gasteiger partial charge in [-0.2, -0.15) is 0 Å². The van der Waals surface area contributed by atoms with Gasteiger partial charge in [0.15, 0.2) is 0 Å². The van der Waals surface area contributed by atoms with E-state index >= 15 is 0 Å². The molecule has 0 radical (unpaired) electrons. The third-order valence-electron chi connectivity index (χ3n) is 9.49. The Morgan fingerprint density at radius 1 is 0.278 bits per heavy atom. The van der Waals surface area contributed by atoms with E-state index in [0.717, 1.165) is 33.4 Å². The third-order valence-corrected chi connectivity index (χ3v) is 9.49. The fraction of sp³-hybridized carbons (Fsp3) is 0.0370. The standard InChI is InChI=1S/C54H38/c1-7-19-47(20-8-1)53(48-21-9-2-10-22-48,49-23-11-3-12-24-49)41-39-43-31-35-45(36-32-43)46-37-33-44(34-38-46)40-42-54(50-25-13-4-14-26-50,51-27-15-5-16-28-51)52-29-17-6-18-30-52/h1-38H/i31D,32D,33D,34D,35D,36D,37D,38D. The van der Waals surface area contributed by atoms with E-state index in [2.05, 4.69) is 23.7 Å². The highest BCUT2D eigenvalue weighted by Crippen LogP contribution is 2.40. The first-order valence-electron chi connectivity index (χ1n) is 21.7. The SMILES string of the molecule is [2H]c1c([2H])c(-c2c([2H])c([2H])c(C#CC(c3ccccc3)(c3ccccc3)c3ccccc3)c([2H])c2[2H])c([2H])c([2H])c1C#CC(c1ccccc1)(c1ccccc1)c1ccccc1. The van der Waals surface area contributed by atoms with Gasteiger partial charge in [-0.05, 0) is 68.7 Å². The van der Waals surface area contributed by atoms with Crippen LogP contribution in [0.2, 0.25) is 0 Å². The molecule has 0 unspecified atom stereocenters. The Hall–Kier alpha value is -7.12. The summed E-state index contributed by atoms with van der Waals surface area (Å²) in [6, 6.07) is 54.1. The molecule has 0 aliphatic rings. The van der Waals surface area contributed by atoms with Gasteiger partial charge in [-0.3, -0.25) is 0 Å².